The standard InChI is InChI=1S/C9H8F3NO.C6H3ClN2O4/c10-9(11,12)6-13-8(14)7-4-2-1-3-5-7;7-4-1-2-5(8(10)11)6(3-4)9(12)13/h1-5H,6H2,(H,13,14);1-3H. The summed E-state index contributed by atoms with van der Waals surface area (Å²) in [5, 5.41) is 22.5. The van der Waals surface area contributed by atoms with Gasteiger partial charge in [-0.15, -0.1) is 0 Å². The van der Waals surface area contributed by atoms with E-state index in [-0.39, 0.29) is 10.6 Å². The van der Waals surface area contributed by atoms with Crippen LogP contribution in [0.5, 0.6) is 0 Å². The molecule has 2 aromatic carbocycles. The van der Waals surface area contributed by atoms with Crippen molar-refractivity contribution in [3.05, 3.63) is 79.3 Å². The third kappa shape index (κ3) is 7.69. The Labute approximate surface area is 154 Å². The Kier molecular flexibility index (Phi) is 7.66. The van der Waals surface area contributed by atoms with Crippen molar-refractivity contribution in [3.63, 3.8) is 0 Å². The summed E-state index contributed by atoms with van der Waals surface area (Å²) in [4.78, 5) is 30.0. The van der Waals surface area contributed by atoms with Gasteiger partial charge in [0.25, 0.3) is 5.91 Å². The second kappa shape index (κ2) is 9.48. The highest BCUT2D eigenvalue weighted by Gasteiger charge is 2.27. The van der Waals surface area contributed by atoms with Gasteiger partial charge >= 0.3 is 17.6 Å². The lowest BCUT2D eigenvalue weighted by Gasteiger charge is -2.07. The minimum absolute atomic E-state index is 0.0947. The van der Waals surface area contributed by atoms with Crippen LogP contribution in [0.2, 0.25) is 5.02 Å². The minimum atomic E-state index is -4.37. The third-order valence-electron chi connectivity index (χ3n) is 2.82. The van der Waals surface area contributed by atoms with Crippen molar-refractivity contribution >= 4 is 28.9 Å². The molecule has 0 heterocycles. The highest BCUT2D eigenvalue weighted by molar-refractivity contribution is 6.30. The average Bonchev–Trinajstić information content (AvgIpc) is 2.60. The van der Waals surface area contributed by atoms with Crippen LogP contribution in [0, 0.1) is 20.2 Å². The van der Waals surface area contributed by atoms with E-state index in [2.05, 4.69) is 0 Å². The number of nitrogens with one attached hydrogen (secondary N) is 1. The van der Waals surface area contributed by atoms with Gasteiger partial charge in [-0.2, -0.15) is 13.2 Å². The topological polar surface area (TPSA) is 115 Å². The Morgan fingerprint density at radius 3 is 2.04 bits per heavy atom. The summed E-state index contributed by atoms with van der Waals surface area (Å²) >= 11 is 5.44. The molecule has 2 aromatic rings. The van der Waals surface area contributed by atoms with Crippen LogP contribution in [0.25, 0.3) is 0 Å². The molecule has 0 unspecified atom stereocenters. The number of halogens is 4. The fraction of sp³-hybridized carbons (Fsp3) is 0.133. The quantitative estimate of drug-likeness (QED) is 0.606. The number of nitro groups is 2. The maximum absolute atomic E-state index is 11.7. The second-order valence-electron chi connectivity index (χ2n) is 4.81. The Morgan fingerprint density at radius 1 is 1.00 bits per heavy atom. The second-order valence-corrected chi connectivity index (χ2v) is 5.25. The SMILES string of the molecule is O=C(NCC(F)(F)F)c1ccccc1.O=[N+]([O-])c1ccc(Cl)cc1[N+](=O)[O-]. The molecule has 0 aromatic heterocycles. The fourth-order valence-corrected chi connectivity index (χ4v) is 1.84. The third-order valence-corrected chi connectivity index (χ3v) is 3.05. The monoisotopic (exact) mass is 405 g/mol. The summed E-state index contributed by atoms with van der Waals surface area (Å²) in [5.74, 6) is -0.720. The lowest BCUT2D eigenvalue weighted by Crippen LogP contribution is -2.33. The van der Waals surface area contributed by atoms with E-state index in [0.29, 0.717) is 0 Å². The van der Waals surface area contributed by atoms with Crippen LogP contribution in [0.4, 0.5) is 24.5 Å². The van der Waals surface area contributed by atoms with Crippen LogP contribution in [-0.2, 0) is 0 Å². The van der Waals surface area contributed by atoms with Gasteiger partial charge in [-0.05, 0) is 18.2 Å². The number of hydrogen-bond acceptors (Lipinski definition) is 5. The predicted molar refractivity (Wildman–Crippen MR) is 89.6 cm³/mol. The normalized spacial score (nSPS) is 10.4. The molecular weight excluding hydrogens is 395 g/mol. The molecule has 0 bridgehead atoms. The minimum Gasteiger partial charge on any atom is -0.343 e. The van der Waals surface area contributed by atoms with Crippen molar-refractivity contribution in [1.29, 1.82) is 0 Å². The summed E-state index contributed by atoms with van der Waals surface area (Å²) < 4.78 is 35.2. The summed E-state index contributed by atoms with van der Waals surface area (Å²) in [6.45, 7) is -1.30. The van der Waals surface area contributed by atoms with Gasteiger partial charge < -0.3 is 5.32 Å². The van der Waals surface area contributed by atoms with Crippen molar-refractivity contribution in [1.82, 2.24) is 5.32 Å². The molecule has 27 heavy (non-hydrogen) atoms. The largest absolute Gasteiger partial charge is 0.405 e. The Balaban J connectivity index is 0.000000271. The van der Waals surface area contributed by atoms with Crippen molar-refractivity contribution in [2.24, 2.45) is 0 Å². The highest BCUT2D eigenvalue weighted by Crippen LogP contribution is 2.29. The van der Waals surface area contributed by atoms with E-state index in [1.54, 1.807) is 23.5 Å². The Hall–Kier alpha value is -3.21. The molecule has 0 radical (unpaired) electrons. The molecule has 2 rings (SSSR count). The molecule has 1 amide bonds. The molecule has 12 heteroatoms. The Morgan fingerprint density at radius 2 is 1.56 bits per heavy atom. The van der Waals surface area contributed by atoms with Crippen molar-refractivity contribution in [2.45, 2.75) is 6.18 Å². The van der Waals surface area contributed by atoms with E-state index < -0.39 is 39.8 Å². The van der Waals surface area contributed by atoms with E-state index in [1.165, 1.54) is 18.2 Å². The van der Waals surface area contributed by atoms with E-state index in [1.807, 2.05) is 0 Å². The van der Waals surface area contributed by atoms with Gasteiger partial charge in [0, 0.05) is 22.7 Å². The lowest BCUT2D eigenvalue weighted by molar-refractivity contribution is -0.422. The van der Waals surface area contributed by atoms with Crippen LogP contribution in [0.15, 0.2) is 48.5 Å². The molecule has 0 aliphatic carbocycles. The van der Waals surface area contributed by atoms with Crippen molar-refractivity contribution < 1.29 is 27.8 Å². The summed E-state index contributed by atoms with van der Waals surface area (Å²) in [6.07, 6.45) is -4.37. The molecule has 0 atom stereocenters. The van der Waals surface area contributed by atoms with Crippen LogP contribution in [0.3, 0.4) is 0 Å². The molecule has 0 aliphatic heterocycles. The van der Waals surface area contributed by atoms with E-state index in [9.17, 15) is 38.2 Å². The summed E-state index contributed by atoms with van der Waals surface area (Å²) in [5.41, 5.74) is -0.941. The number of nitro benzene ring substituents is 2. The first-order chi connectivity index (χ1) is 12.5. The maximum atomic E-state index is 11.7. The molecule has 1 N–H and O–H groups in total. The Bertz CT molecular complexity index is 831. The molecule has 0 aliphatic rings. The number of benzene rings is 2. The first-order valence-corrected chi connectivity index (χ1v) is 7.37. The average molecular weight is 406 g/mol. The number of rotatable bonds is 4. The summed E-state index contributed by atoms with van der Waals surface area (Å²) in [7, 11) is 0. The number of hydrogen-bond donors (Lipinski definition) is 1. The van der Waals surface area contributed by atoms with Crippen LogP contribution < -0.4 is 5.32 Å². The molecule has 0 saturated heterocycles. The molecule has 144 valence electrons. The molecule has 0 saturated carbocycles. The van der Waals surface area contributed by atoms with Gasteiger partial charge in [0.05, 0.1) is 9.85 Å². The zero-order valence-corrected chi connectivity index (χ0v) is 14.0. The molecule has 0 fully saturated rings. The molecule has 8 nitrogen and oxygen atoms in total. The predicted octanol–water partition coefficient (Wildman–Crippen LogP) is 4.14. The van der Waals surface area contributed by atoms with Crippen LogP contribution >= 0.6 is 11.6 Å². The molecular formula is C15H11ClF3N3O5. The van der Waals surface area contributed by atoms with Gasteiger partial charge in [0.2, 0.25) is 0 Å². The van der Waals surface area contributed by atoms with Gasteiger partial charge in [0.15, 0.2) is 0 Å². The first kappa shape index (κ1) is 21.8. The highest BCUT2D eigenvalue weighted by atomic mass is 35.5. The van der Waals surface area contributed by atoms with Crippen molar-refractivity contribution in [3.8, 4) is 0 Å². The van der Waals surface area contributed by atoms with Gasteiger partial charge in [0.1, 0.15) is 6.54 Å². The van der Waals surface area contributed by atoms with Gasteiger partial charge in [-0.25, -0.2) is 0 Å². The van der Waals surface area contributed by atoms with Crippen LogP contribution in [-0.4, -0.2) is 28.5 Å². The van der Waals surface area contributed by atoms with Gasteiger partial charge in [-0.3, -0.25) is 25.0 Å². The zero-order chi connectivity index (χ0) is 20.6. The number of alkyl halides is 3. The van der Waals surface area contributed by atoms with Gasteiger partial charge in [-0.1, -0.05) is 29.8 Å². The number of carbonyl (C=O) groups is 1. The fourth-order valence-electron chi connectivity index (χ4n) is 1.67. The number of nitrogens with zero attached hydrogens (tertiary/aromatic N) is 2. The van der Waals surface area contributed by atoms with E-state index in [4.69, 9.17) is 11.6 Å². The smallest absolute Gasteiger partial charge is 0.343 e. The zero-order valence-electron chi connectivity index (χ0n) is 13.3. The summed E-state index contributed by atoms with van der Waals surface area (Å²) in [6, 6.07) is 10.9. The van der Waals surface area contributed by atoms with E-state index >= 15 is 0 Å². The van der Waals surface area contributed by atoms with Crippen molar-refractivity contribution in [2.75, 3.05) is 6.54 Å². The molecule has 0 spiro atoms. The maximum Gasteiger partial charge on any atom is 0.405 e. The van der Waals surface area contributed by atoms with E-state index in [0.717, 1.165) is 12.1 Å². The number of amides is 1. The van der Waals surface area contributed by atoms with Crippen LogP contribution in [0.1, 0.15) is 10.4 Å². The first-order valence-electron chi connectivity index (χ1n) is 6.99. The lowest BCUT2D eigenvalue weighted by atomic mass is 10.2. The number of carbonyl (C=O) groups excluding carboxylic acids is 1.